The molecule has 22 heavy (non-hydrogen) atoms. The molecule has 1 aromatic heterocycles. The van der Waals surface area contributed by atoms with E-state index < -0.39 is 0 Å². The highest BCUT2D eigenvalue weighted by Crippen LogP contribution is 2.29. The predicted octanol–water partition coefficient (Wildman–Crippen LogP) is 3.47. The zero-order valence-electron chi connectivity index (χ0n) is 12.3. The second-order valence-electron chi connectivity index (χ2n) is 5.92. The maximum atomic E-state index is 12.6. The van der Waals surface area contributed by atoms with Gasteiger partial charge in [-0.25, -0.2) is 9.78 Å². The maximum absolute atomic E-state index is 12.6. The van der Waals surface area contributed by atoms with Crippen LogP contribution in [0.15, 0.2) is 23.7 Å². The molecule has 0 radical (unpaired) electrons. The van der Waals surface area contributed by atoms with E-state index in [-0.39, 0.29) is 18.2 Å². The Bertz CT molecular complexity index is 681. The molecule has 0 bridgehead atoms. The number of aromatic nitrogens is 1. The highest BCUT2D eigenvalue weighted by Gasteiger charge is 2.36. The molecule has 2 saturated heterocycles. The summed E-state index contributed by atoms with van der Waals surface area (Å²) in [5.41, 5.74) is 3.56. The fraction of sp³-hybridized carbons (Fsp3) is 0.500. The van der Waals surface area contributed by atoms with E-state index in [0.29, 0.717) is 0 Å². The Morgan fingerprint density at radius 2 is 2.32 bits per heavy atom. The van der Waals surface area contributed by atoms with Crippen LogP contribution in [0.4, 0.5) is 10.5 Å². The number of likely N-dealkylation sites (tertiary alicyclic amines) is 1. The standard InChI is InChI=1S/C16H19N3O2S/c20-16(18-11-5-6-15-12(9-11)17-10-22-15)19-7-1-3-13(19)14-4-2-8-21-14/h5-6,9-10,13-14H,1-4,7-8H2,(H,18,20)/t13-,14+/m1/s1. The minimum atomic E-state index is -0.0208. The number of anilines is 1. The molecule has 116 valence electrons. The minimum Gasteiger partial charge on any atom is -0.376 e. The van der Waals surface area contributed by atoms with Gasteiger partial charge < -0.3 is 15.0 Å². The van der Waals surface area contributed by atoms with Crippen LogP contribution in [0.25, 0.3) is 10.2 Å². The van der Waals surface area contributed by atoms with Gasteiger partial charge in [-0.15, -0.1) is 11.3 Å². The molecule has 2 fully saturated rings. The van der Waals surface area contributed by atoms with Crippen molar-refractivity contribution in [2.45, 2.75) is 37.8 Å². The van der Waals surface area contributed by atoms with Crippen molar-refractivity contribution in [3.63, 3.8) is 0 Å². The minimum absolute atomic E-state index is 0.0208. The number of hydrogen-bond donors (Lipinski definition) is 1. The first-order valence-electron chi connectivity index (χ1n) is 7.84. The molecule has 0 spiro atoms. The number of thiazole rings is 1. The van der Waals surface area contributed by atoms with Gasteiger partial charge in [-0.3, -0.25) is 0 Å². The molecule has 2 atom stereocenters. The van der Waals surface area contributed by atoms with Gasteiger partial charge in [0, 0.05) is 18.8 Å². The summed E-state index contributed by atoms with van der Waals surface area (Å²) < 4.78 is 6.92. The second-order valence-corrected chi connectivity index (χ2v) is 6.81. The van der Waals surface area contributed by atoms with Crippen LogP contribution in [0.2, 0.25) is 0 Å². The van der Waals surface area contributed by atoms with Crippen molar-refractivity contribution in [2.75, 3.05) is 18.5 Å². The number of nitrogens with zero attached hydrogens (tertiary/aromatic N) is 2. The third-order valence-electron chi connectivity index (χ3n) is 4.54. The molecule has 0 aliphatic carbocycles. The number of benzene rings is 1. The van der Waals surface area contributed by atoms with Crippen molar-refractivity contribution in [1.29, 1.82) is 0 Å². The van der Waals surface area contributed by atoms with Crippen LogP contribution in [-0.4, -0.2) is 41.2 Å². The molecular weight excluding hydrogens is 298 g/mol. The summed E-state index contributed by atoms with van der Waals surface area (Å²) in [4.78, 5) is 18.8. The highest BCUT2D eigenvalue weighted by molar-refractivity contribution is 7.16. The molecule has 0 saturated carbocycles. The van der Waals surface area contributed by atoms with Gasteiger partial charge in [0.2, 0.25) is 0 Å². The number of nitrogens with one attached hydrogen (secondary N) is 1. The Morgan fingerprint density at radius 3 is 3.18 bits per heavy atom. The monoisotopic (exact) mass is 317 g/mol. The van der Waals surface area contributed by atoms with Crippen molar-refractivity contribution in [3.05, 3.63) is 23.7 Å². The first kappa shape index (κ1) is 14.0. The summed E-state index contributed by atoms with van der Waals surface area (Å²) in [6.45, 7) is 1.65. The largest absolute Gasteiger partial charge is 0.376 e. The summed E-state index contributed by atoms with van der Waals surface area (Å²) in [7, 11) is 0. The molecule has 0 unspecified atom stereocenters. The van der Waals surface area contributed by atoms with Crippen LogP contribution in [0.3, 0.4) is 0 Å². The number of rotatable bonds is 2. The lowest BCUT2D eigenvalue weighted by molar-refractivity contribution is 0.0543. The molecule has 6 heteroatoms. The van der Waals surface area contributed by atoms with Crippen molar-refractivity contribution in [1.82, 2.24) is 9.88 Å². The SMILES string of the molecule is O=C(Nc1ccc2scnc2c1)N1CCC[C@@H]1[C@@H]1CCCO1. The average Bonchev–Trinajstić information content (AvgIpc) is 3.26. The number of fused-ring (bicyclic) bond motifs is 1. The molecule has 2 aliphatic heterocycles. The van der Waals surface area contributed by atoms with Crippen molar-refractivity contribution < 1.29 is 9.53 Å². The lowest BCUT2D eigenvalue weighted by Gasteiger charge is -2.29. The summed E-state index contributed by atoms with van der Waals surface area (Å²) in [5, 5.41) is 3.02. The van der Waals surface area contributed by atoms with Gasteiger partial charge in [0.05, 0.1) is 27.9 Å². The highest BCUT2D eigenvalue weighted by atomic mass is 32.1. The van der Waals surface area contributed by atoms with Crippen LogP contribution in [0, 0.1) is 0 Å². The predicted molar refractivity (Wildman–Crippen MR) is 87.3 cm³/mol. The zero-order chi connectivity index (χ0) is 14.9. The third kappa shape index (κ3) is 2.57. The maximum Gasteiger partial charge on any atom is 0.322 e. The van der Waals surface area contributed by atoms with Crippen molar-refractivity contribution in [2.24, 2.45) is 0 Å². The Morgan fingerprint density at radius 1 is 1.36 bits per heavy atom. The number of hydrogen-bond acceptors (Lipinski definition) is 4. The number of carbonyl (C=O) groups is 1. The molecule has 2 amide bonds. The van der Waals surface area contributed by atoms with Crippen LogP contribution < -0.4 is 5.32 Å². The van der Waals surface area contributed by atoms with Gasteiger partial charge in [-0.2, -0.15) is 0 Å². The second kappa shape index (κ2) is 5.85. The summed E-state index contributed by atoms with van der Waals surface area (Å²) in [6, 6.07) is 6.08. The average molecular weight is 317 g/mol. The Labute approximate surface area is 133 Å². The molecule has 2 aliphatic rings. The van der Waals surface area contributed by atoms with E-state index in [0.717, 1.165) is 54.7 Å². The summed E-state index contributed by atoms with van der Waals surface area (Å²) in [6.07, 6.45) is 4.50. The Kier molecular flexibility index (Phi) is 3.72. The van der Waals surface area contributed by atoms with Gasteiger partial charge in [-0.05, 0) is 43.9 Å². The molecule has 5 nitrogen and oxygen atoms in total. The fourth-order valence-electron chi connectivity index (χ4n) is 3.47. The molecule has 2 aromatic rings. The van der Waals surface area contributed by atoms with E-state index in [1.807, 2.05) is 28.6 Å². The van der Waals surface area contributed by atoms with Gasteiger partial charge in [-0.1, -0.05) is 0 Å². The van der Waals surface area contributed by atoms with Gasteiger partial charge in [0.1, 0.15) is 0 Å². The third-order valence-corrected chi connectivity index (χ3v) is 5.35. The van der Waals surface area contributed by atoms with Crippen molar-refractivity contribution >= 4 is 33.3 Å². The number of urea groups is 1. The van der Waals surface area contributed by atoms with E-state index in [4.69, 9.17) is 4.74 Å². The van der Waals surface area contributed by atoms with E-state index in [9.17, 15) is 4.79 Å². The molecule has 3 heterocycles. The first-order valence-corrected chi connectivity index (χ1v) is 8.72. The van der Waals surface area contributed by atoms with E-state index in [1.165, 1.54) is 0 Å². The molecule has 4 rings (SSSR count). The van der Waals surface area contributed by atoms with Gasteiger partial charge in [0.15, 0.2) is 0 Å². The van der Waals surface area contributed by atoms with E-state index in [1.54, 1.807) is 11.3 Å². The fourth-order valence-corrected chi connectivity index (χ4v) is 4.13. The molecular formula is C16H19N3O2S. The summed E-state index contributed by atoms with van der Waals surface area (Å²) >= 11 is 1.61. The lowest BCUT2D eigenvalue weighted by Crippen LogP contribution is -2.44. The smallest absolute Gasteiger partial charge is 0.322 e. The number of ether oxygens (including phenoxy) is 1. The Balaban J connectivity index is 1.48. The van der Waals surface area contributed by atoms with E-state index >= 15 is 0 Å². The van der Waals surface area contributed by atoms with E-state index in [2.05, 4.69) is 10.3 Å². The van der Waals surface area contributed by atoms with Gasteiger partial charge in [0.25, 0.3) is 0 Å². The first-order chi connectivity index (χ1) is 10.8. The van der Waals surface area contributed by atoms with Gasteiger partial charge >= 0.3 is 6.03 Å². The topological polar surface area (TPSA) is 54.5 Å². The summed E-state index contributed by atoms with van der Waals surface area (Å²) in [5.74, 6) is 0. The lowest BCUT2D eigenvalue weighted by atomic mass is 10.1. The van der Waals surface area contributed by atoms with Crippen molar-refractivity contribution in [3.8, 4) is 0 Å². The number of carbonyl (C=O) groups excluding carboxylic acids is 1. The van der Waals surface area contributed by atoms with Crippen LogP contribution in [-0.2, 0) is 4.74 Å². The quantitative estimate of drug-likeness (QED) is 0.922. The molecule has 1 aromatic carbocycles. The number of amides is 2. The normalized spacial score (nSPS) is 25.0. The zero-order valence-corrected chi connectivity index (χ0v) is 13.1. The molecule has 1 N–H and O–H groups in total. The van der Waals surface area contributed by atoms with Crippen LogP contribution in [0.1, 0.15) is 25.7 Å². The van der Waals surface area contributed by atoms with Crippen LogP contribution >= 0.6 is 11.3 Å². The Hall–Kier alpha value is -1.66. The van der Waals surface area contributed by atoms with Crippen LogP contribution in [0.5, 0.6) is 0 Å².